The molecule has 0 aromatic heterocycles. The number of hydrogen-bond donors (Lipinski definition) is 2. The highest BCUT2D eigenvalue weighted by molar-refractivity contribution is 5.32. The van der Waals surface area contributed by atoms with Gasteiger partial charge in [-0.05, 0) is 56.0 Å². The van der Waals surface area contributed by atoms with Crippen molar-refractivity contribution in [3.8, 4) is 5.75 Å². The van der Waals surface area contributed by atoms with Gasteiger partial charge in [0.25, 0.3) is 0 Å². The van der Waals surface area contributed by atoms with Crippen LogP contribution in [0.3, 0.4) is 0 Å². The van der Waals surface area contributed by atoms with Crippen LogP contribution in [0.1, 0.15) is 36.6 Å². The molecule has 3 N–H and O–H groups in total. The second kappa shape index (κ2) is 7.25. The van der Waals surface area contributed by atoms with E-state index in [1.54, 1.807) is 0 Å². The van der Waals surface area contributed by atoms with Crippen LogP contribution in [0.4, 0.5) is 0 Å². The number of benzene rings is 2. The van der Waals surface area contributed by atoms with Crippen molar-refractivity contribution in [2.45, 2.75) is 39.3 Å². The molecule has 0 aliphatic carbocycles. The number of rotatable bonds is 6. The minimum atomic E-state index is 0.0965. The van der Waals surface area contributed by atoms with Crippen molar-refractivity contribution in [1.82, 2.24) is 5.43 Å². The van der Waals surface area contributed by atoms with Crippen molar-refractivity contribution in [2.75, 3.05) is 0 Å². The molecule has 0 spiro atoms. The average molecular weight is 284 g/mol. The molecule has 3 nitrogen and oxygen atoms in total. The first-order chi connectivity index (χ1) is 10.1. The predicted octanol–water partition coefficient (Wildman–Crippen LogP) is 3.53. The first kappa shape index (κ1) is 15.5. The summed E-state index contributed by atoms with van der Waals surface area (Å²) in [6, 6.07) is 16.6. The van der Waals surface area contributed by atoms with Crippen molar-refractivity contribution in [3.63, 3.8) is 0 Å². The minimum absolute atomic E-state index is 0.0965. The fourth-order valence-electron chi connectivity index (χ4n) is 2.38. The highest BCUT2D eigenvalue weighted by Gasteiger charge is 2.12. The summed E-state index contributed by atoms with van der Waals surface area (Å²) in [5.74, 6) is 6.63. The number of aryl methyl sites for hydroxylation is 1. The van der Waals surface area contributed by atoms with Crippen molar-refractivity contribution >= 4 is 0 Å². The Morgan fingerprint density at radius 2 is 1.71 bits per heavy atom. The van der Waals surface area contributed by atoms with E-state index in [2.05, 4.69) is 48.7 Å². The summed E-state index contributed by atoms with van der Waals surface area (Å²) in [6.45, 7) is 6.18. The van der Waals surface area contributed by atoms with Crippen molar-refractivity contribution in [2.24, 2.45) is 5.84 Å². The van der Waals surface area contributed by atoms with E-state index in [-0.39, 0.29) is 12.1 Å². The topological polar surface area (TPSA) is 47.3 Å². The molecule has 2 aromatic rings. The quantitative estimate of drug-likeness (QED) is 0.630. The van der Waals surface area contributed by atoms with Gasteiger partial charge < -0.3 is 4.74 Å². The van der Waals surface area contributed by atoms with Crippen LogP contribution >= 0.6 is 0 Å². The lowest BCUT2D eigenvalue weighted by molar-refractivity contribution is 0.242. The van der Waals surface area contributed by atoms with Crippen LogP contribution in [0.2, 0.25) is 0 Å². The lowest BCUT2D eigenvalue weighted by Crippen LogP contribution is -2.29. The molecular weight excluding hydrogens is 260 g/mol. The smallest absolute Gasteiger partial charge is 0.119 e. The molecule has 21 heavy (non-hydrogen) atoms. The highest BCUT2D eigenvalue weighted by atomic mass is 16.5. The summed E-state index contributed by atoms with van der Waals surface area (Å²) < 4.78 is 5.67. The Balaban J connectivity index is 2.12. The first-order valence-corrected chi connectivity index (χ1v) is 7.37. The normalized spacial score (nSPS) is 12.4. The molecule has 1 atom stereocenters. The Morgan fingerprint density at radius 3 is 2.29 bits per heavy atom. The van der Waals surface area contributed by atoms with E-state index >= 15 is 0 Å². The molecule has 0 radical (unpaired) electrons. The Morgan fingerprint density at radius 1 is 1.05 bits per heavy atom. The molecular formula is C18H24N2O. The van der Waals surface area contributed by atoms with Gasteiger partial charge >= 0.3 is 0 Å². The van der Waals surface area contributed by atoms with E-state index < -0.39 is 0 Å². The van der Waals surface area contributed by atoms with Crippen LogP contribution in [0, 0.1) is 6.92 Å². The van der Waals surface area contributed by atoms with Crippen molar-refractivity contribution in [3.05, 3.63) is 65.2 Å². The summed E-state index contributed by atoms with van der Waals surface area (Å²) in [5.41, 5.74) is 6.67. The van der Waals surface area contributed by atoms with Crippen molar-refractivity contribution in [1.29, 1.82) is 0 Å². The third kappa shape index (κ3) is 4.31. The maximum absolute atomic E-state index is 5.74. The molecule has 0 saturated heterocycles. The molecule has 0 saturated carbocycles. The Kier molecular flexibility index (Phi) is 5.37. The van der Waals surface area contributed by atoms with E-state index in [1.807, 2.05) is 26.0 Å². The summed E-state index contributed by atoms with van der Waals surface area (Å²) in [6.07, 6.45) is 1.05. The van der Waals surface area contributed by atoms with Gasteiger partial charge in [0.2, 0.25) is 0 Å². The van der Waals surface area contributed by atoms with Gasteiger partial charge in [0.15, 0.2) is 0 Å². The van der Waals surface area contributed by atoms with E-state index in [9.17, 15) is 0 Å². The van der Waals surface area contributed by atoms with Crippen molar-refractivity contribution < 1.29 is 4.74 Å². The second-order valence-electron chi connectivity index (χ2n) is 5.59. The first-order valence-electron chi connectivity index (χ1n) is 7.37. The van der Waals surface area contributed by atoms with Crippen LogP contribution in [0.5, 0.6) is 5.75 Å². The van der Waals surface area contributed by atoms with E-state index in [0.29, 0.717) is 0 Å². The Bertz CT molecular complexity index is 564. The van der Waals surface area contributed by atoms with Gasteiger partial charge in [-0.25, -0.2) is 0 Å². The van der Waals surface area contributed by atoms with Gasteiger partial charge in [-0.3, -0.25) is 11.3 Å². The number of nitrogens with two attached hydrogens (primary N) is 1. The van der Waals surface area contributed by atoms with E-state index in [4.69, 9.17) is 10.6 Å². The lowest BCUT2D eigenvalue weighted by atomic mass is 9.96. The van der Waals surface area contributed by atoms with Gasteiger partial charge in [0.1, 0.15) is 5.75 Å². The Hall–Kier alpha value is -1.84. The SMILES string of the molecule is Cc1ccccc1CC(NN)c1ccc(OC(C)C)cc1. The average Bonchev–Trinajstić information content (AvgIpc) is 2.47. The lowest BCUT2D eigenvalue weighted by Gasteiger charge is -2.18. The van der Waals surface area contributed by atoms with Gasteiger partial charge in [0.05, 0.1) is 6.10 Å². The number of hydrogen-bond acceptors (Lipinski definition) is 3. The molecule has 0 heterocycles. The molecule has 0 aliphatic rings. The maximum atomic E-state index is 5.74. The predicted molar refractivity (Wildman–Crippen MR) is 87.2 cm³/mol. The highest BCUT2D eigenvalue weighted by Crippen LogP contribution is 2.22. The van der Waals surface area contributed by atoms with Crippen LogP contribution in [0.15, 0.2) is 48.5 Å². The molecule has 112 valence electrons. The van der Waals surface area contributed by atoms with Crippen LogP contribution in [-0.4, -0.2) is 6.10 Å². The molecule has 2 rings (SSSR count). The zero-order valence-corrected chi connectivity index (χ0v) is 13.0. The van der Waals surface area contributed by atoms with Gasteiger partial charge in [-0.1, -0.05) is 36.4 Å². The summed E-state index contributed by atoms with van der Waals surface area (Å²) in [5, 5.41) is 0. The molecule has 1 unspecified atom stereocenters. The third-order valence-electron chi connectivity index (χ3n) is 3.54. The number of hydrazine groups is 1. The summed E-state index contributed by atoms with van der Waals surface area (Å²) in [4.78, 5) is 0. The maximum Gasteiger partial charge on any atom is 0.119 e. The summed E-state index contributed by atoms with van der Waals surface area (Å²) in [7, 11) is 0. The van der Waals surface area contributed by atoms with E-state index in [1.165, 1.54) is 11.1 Å². The zero-order chi connectivity index (χ0) is 15.2. The fourth-order valence-corrected chi connectivity index (χ4v) is 2.38. The van der Waals surface area contributed by atoms with Crippen LogP contribution in [-0.2, 0) is 6.42 Å². The molecule has 0 amide bonds. The van der Waals surface area contributed by atoms with Crippen LogP contribution in [0.25, 0.3) is 0 Å². The third-order valence-corrected chi connectivity index (χ3v) is 3.54. The van der Waals surface area contributed by atoms with E-state index in [0.717, 1.165) is 17.7 Å². The summed E-state index contributed by atoms with van der Waals surface area (Å²) >= 11 is 0. The molecule has 0 fully saturated rings. The fraction of sp³-hybridized carbons (Fsp3) is 0.333. The van der Waals surface area contributed by atoms with Gasteiger partial charge in [0, 0.05) is 6.04 Å². The molecule has 2 aromatic carbocycles. The number of ether oxygens (including phenoxy) is 1. The largest absolute Gasteiger partial charge is 0.491 e. The Labute approximate surface area is 127 Å². The zero-order valence-electron chi connectivity index (χ0n) is 13.0. The molecule has 0 aliphatic heterocycles. The standard InChI is InChI=1S/C18H24N2O/c1-13(2)21-17-10-8-15(9-11-17)18(20-19)12-16-7-5-4-6-14(16)3/h4-11,13,18,20H,12,19H2,1-3H3. The van der Waals surface area contributed by atoms with Crippen LogP contribution < -0.4 is 16.0 Å². The second-order valence-corrected chi connectivity index (χ2v) is 5.59. The van der Waals surface area contributed by atoms with Gasteiger partial charge in [-0.2, -0.15) is 0 Å². The molecule has 0 bridgehead atoms. The van der Waals surface area contributed by atoms with Gasteiger partial charge in [-0.15, -0.1) is 0 Å². The minimum Gasteiger partial charge on any atom is -0.491 e. The monoisotopic (exact) mass is 284 g/mol. The molecule has 3 heteroatoms. The number of nitrogens with one attached hydrogen (secondary N) is 1.